The molecule has 2 aromatic heterocycles. The molecule has 1 aliphatic heterocycles. The minimum absolute atomic E-state index is 0.0702. The molecule has 1 saturated carbocycles. The van der Waals surface area contributed by atoms with Gasteiger partial charge in [0.15, 0.2) is 0 Å². The number of nitrogens with zero attached hydrogens (tertiary/aromatic N) is 4. The number of carbonyl (C=O) groups is 1. The third-order valence-corrected chi connectivity index (χ3v) is 7.79. The van der Waals surface area contributed by atoms with Crippen LogP contribution < -0.4 is 10.1 Å². The third-order valence-electron chi connectivity index (χ3n) is 7.79. The Kier molecular flexibility index (Phi) is 5.52. The summed E-state index contributed by atoms with van der Waals surface area (Å²) in [6.45, 7) is 3.73. The number of hydrogen-bond acceptors (Lipinski definition) is 5. The second-order valence-corrected chi connectivity index (χ2v) is 10.2. The minimum atomic E-state index is -0.412. The first-order valence-electron chi connectivity index (χ1n) is 12.6. The van der Waals surface area contributed by atoms with Crippen molar-refractivity contribution < 1.29 is 9.53 Å². The van der Waals surface area contributed by atoms with Crippen molar-refractivity contribution in [2.24, 2.45) is 7.05 Å². The molecule has 1 N–H and O–H groups in total. The monoisotopic (exact) mass is 481 g/mol. The topological polar surface area (TPSA) is 72.3 Å². The maximum Gasteiger partial charge on any atom is 0.252 e. The molecule has 1 amide bonds. The number of ether oxygens (including phenoxy) is 1. The number of likely N-dealkylation sites (N-methyl/N-ethyl adjacent to an activating group) is 1. The van der Waals surface area contributed by atoms with E-state index in [0.29, 0.717) is 18.2 Å². The molecule has 4 aromatic rings. The highest BCUT2D eigenvalue weighted by molar-refractivity contribution is 5.98. The van der Waals surface area contributed by atoms with E-state index in [0.717, 1.165) is 64.8 Å². The summed E-state index contributed by atoms with van der Waals surface area (Å²) in [4.78, 5) is 20.5. The number of fused-ring (bicyclic) bond motifs is 1. The summed E-state index contributed by atoms with van der Waals surface area (Å²) in [7, 11) is 4.05. The number of amides is 1. The van der Waals surface area contributed by atoms with Crippen molar-refractivity contribution in [2.45, 2.75) is 37.8 Å². The highest BCUT2D eigenvalue weighted by atomic mass is 16.5. The van der Waals surface area contributed by atoms with E-state index < -0.39 is 5.54 Å². The number of benzene rings is 2. The largest absolute Gasteiger partial charge is 0.492 e. The highest BCUT2D eigenvalue weighted by Crippen LogP contribution is 2.49. The Bertz CT molecular complexity index is 1460. The molecule has 2 fully saturated rings. The molecule has 1 atom stereocenters. The van der Waals surface area contributed by atoms with Crippen LogP contribution in [0.2, 0.25) is 0 Å². The lowest BCUT2D eigenvalue weighted by molar-refractivity contribution is 0.0767. The molecule has 7 nitrogen and oxygen atoms in total. The van der Waals surface area contributed by atoms with Crippen molar-refractivity contribution >= 4 is 16.8 Å². The summed E-state index contributed by atoms with van der Waals surface area (Å²) in [6, 6.07) is 16.6. The Morgan fingerprint density at radius 3 is 2.69 bits per heavy atom. The molecule has 0 bridgehead atoms. The quantitative estimate of drug-likeness (QED) is 0.422. The Morgan fingerprint density at radius 2 is 2.00 bits per heavy atom. The molecule has 2 aromatic carbocycles. The summed E-state index contributed by atoms with van der Waals surface area (Å²) >= 11 is 0. The van der Waals surface area contributed by atoms with Crippen molar-refractivity contribution in [1.82, 2.24) is 25.0 Å². The van der Waals surface area contributed by atoms with Gasteiger partial charge in [-0.05, 0) is 87.3 Å². The lowest BCUT2D eigenvalue weighted by atomic mass is 9.94. The first-order chi connectivity index (χ1) is 17.4. The van der Waals surface area contributed by atoms with Crippen LogP contribution in [0, 0.1) is 6.92 Å². The van der Waals surface area contributed by atoms with E-state index in [2.05, 4.69) is 45.5 Å². The van der Waals surface area contributed by atoms with E-state index in [-0.39, 0.29) is 5.91 Å². The average Bonchev–Trinajstić information content (AvgIpc) is 3.53. The van der Waals surface area contributed by atoms with Crippen LogP contribution in [0.4, 0.5) is 0 Å². The number of carbonyl (C=O) groups excluding carboxylic acids is 1. The number of likely N-dealkylation sites (tertiary alicyclic amines) is 1. The van der Waals surface area contributed by atoms with E-state index in [1.165, 1.54) is 0 Å². The van der Waals surface area contributed by atoms with Gasteiger partial charge in [-0.3, -0.25) is 19.4 Å². The highest BCUT2D eigenvalue weighted by Gasteiger charge is 2.47. The average molecular weight is 482 g/mol. The molecule has 6 rings (SSSR count). The molecule has 0 spiro atoms. The Balaban J connectivity index is 1.30. The lowest BCUT2D eigenvalue weighted by Crippen LogP contribution is -2.48. The summed E-state index contributed by atoms with van der Waals surface area (Å²) in [5.41, 5.74) is 5.27. The van der Waals surface area contributed by atoms with Crippen LogP contribution >= 0.6 is 0 Å². The number of pyridine rings is 1. The summed E-state index contributed by atoms with van der Waals surface area (Å²) in [6.07, 6.45) is 6.54. The van der Waals surface area contributed by atoms with E-state index in [4.69, 9.17) is 4.74 Å². The Hall–Kier alpha value is -3.71. The van der Waals surface area contributed by atoms with Gasteiger partial charge in [-0.2, -0.15) is 5.10 Å². The number of aromatic nitrogens is 3. The Labute approximate surface area is 211 Å². The van der Waals surface area contributed by atoms with Crippen molar-refractivity contribution in [3.8, 4) is 17.0 Å². The van der Waals surface area contributed by atoms with Gasteiger partial charge in [-0.1, -0.05) is 12.1 Å². The van der Waals surface area contributed by atoms with Crippen LogP contribution in [-0.4, -0.2) is 51.8 Å². The first kappa shape index (κ1) is 22.7. The van der Waals surface area contributed by atoms with Crippen LogP contribution in [0.5, 0.6) is 5.75 Å². The first-order valence-corrected chi connectivity index (χ1v) is 12.6. The molecule has 0 radical (unpaired) electrons. The number of rotatable bonds is 7. The van der Waals surface area contributed by atoms with E-state index >= 15 is 0 Å². The van der Waals surface area contributed by atoms with Crippen LogP contribution in [0.15, 0.2) is 60.9 Å². The van der Waals surface area contributed by atoms with Crippen LogP contribution in [0.3, 0.4) is 0 Å². The van der Waals surface area contributed by atoms with Gasteiger partial charge in [0.1, 0.15) is 12.4 Å². The van der Waals surface area contributed by atoms with Gasteiger partial charge in [-0.15, -0.1) is 0 Å². The zero-order chi connectivity index (χ0) is 24.9. The molecule has 36 heavy (non-hydrogen) atoms. The van der Waals surface area contributed by atoms with Crippen molar-refractivity contribution in [3.05, 3.63) is 77.6 Å². The van der Waals surface area contributed by atoms with Gasteiger partial charge in [0.05, 0.1) is 16.7 Å². The predicted octanol–water partition coefficient (Wildman–Crippen LogP) is 4.45. The van der Waals surface area contributed by atoms with Gasteiger partial charge in [-0.25, -0.2) is 0 Å². The molecule has 184 valence electrons. The van der Waals surface area contributed by atoms with Crippen molar-refractivity contribution in [1.29, 1.82) is 0 Å². The van der Waals surface area contributed by atoms with Crippen molar-refractivity contribution in [2.75, 3.05) is 20.2 Å². The number of aryl methyl sites for hydroxylation is 2. The van der Waals surface area contributed by atoms with Gasteiger partial charge < -0.3 is 10.1 Å². The molecule has 1 aliphatic carbocycles. The summed E-state index contributed by atoms with van der Waals surface area (Å²) < 4.78 is 7.91. The van der Waals surface area contributed by atoms with Gasteiger partial charge in [0, 0.05) is 42.0 Å². The second kappa shape index (κ2) is 8.75. The standard InChI is InChI=1S/C29H31N5O2/c1-19-6-7-22(36-18-21-9-14-33(21)2)17-24(19)28(35)32-29(10-11-29)25-15-20(27-8-13-31-34(27)3)16-26-23(25)5-4-12-30-26/h4-8,12-13,15-17,21H,9-11,14,18H2,1-3H3,(H,32,35)/t21-/m0/s1. The fourth-order valence-corrected chi connectivity index (χ4v) is 5.16. The SMILES string of the molecule is Cc1ccc(OC[C@@H]2CCN2C)cc1C(=O)NC1(c2cc(-c3ccnn3C)cc3ncccc23)CC1. The maximum atomic E-state index is 13.6. The Morgan fingerprint density at radius 1 is 1.14 bits per heavy atom. The fourth-order valence-electron chi connectivity index (χ4n) is 5.16. The summed E-state index contributed by atoms with van der Waals surface area (Å²) in [5, 5.41) is 8.80. The fraction of sp³-hybridized carbons (Fsp3) is 0.345. The molecule has 1 saturated heterocycles. The van der Waals surface area contributed by atoms with Gasteiger partial charge in [0.25, 0.3) is 5.91 Å². The van der Waals surface area contributed by atoms with Crippen LogP contribution in [0.25, 0.3) is 22.2 Å². The number of nitrogens with one attached hydrogen (secondary N) is 1. The lowest BCUT2D eigenvalue weighted by Gasteiger charge is -2.37. The van der Waals surface area contributed by atoms with Crippen LogP contribution in [0.1, 0.15) is 40.7 Å². The molecule has 7 heteroatoms. The zero-order valence-corrected chi connectivity index (χ0v) is 21.0. The maximum absolute atomic E-state index is 13.6. The normalized spacial score (nSPS) is 18.6. The smallest absolute Gasteiger partial charge is 0.252 e. The molecule has 2 aliphatic rings. The molecular weight excluding hydrogens is 450 g/mol. The third kappa shape index (κ3) is 4.03. The molecule has 0 unspecified atom stereocenters. The van der Waals surface area contributed by atoms with E-state index in [1.54, 1.807) is 6.20 Å². The molecular formula is C29H31N5O2. The minimum Gasteiger partial charge on any atom is -0.492 e. The van der Waals surface area contributed by atoms with Gasteiger partial charge in [0.2, 0.25) is 0 Å². The molecule has 3 heterocycles. The summed E-state index contributed by atoms with van der Waals surface area (Å²) in [5.74, 6) is 0.669. The zero-order valence-electron chi connectivity index (χ0n) is 21.0. The van der Waals surface area contributed by atoms with Crippen LogP contribution in [-0.2, 0) is 12.6 Å². The van der Waals surface area contributed by atoms with Crippen molar-refractivity contribution in [3.63, 3.8) is 0 Å². The second-order valence-electron chi connectivity index (χ2n) is 10.2. The van der Waals surface area contributed by atoms with Gasteiger partial charge >= 0.3 is 0 Å². The predicted molar refractivity (Wildman–Crippen MR) is 140 cm³/mol. The van der Waals surface area contributed by atoms with E-state index in [9.17, 15) is 4.79 Å². The number of hydrogen-bond donors (Lipinski definition) is 1. The van der Waals surface area contributed by atoms with E-state index in [1.807, 2.05) is 55.2 Å².